The van der Waals surface area contributed by atoms with Crippen molar-refractivity contribution in [3.63, 3.8) is 0 Å². The maximum absolute atomic E-state index is 12.8. The minimum Gasteiger partial charge on any atom is -0.455 e. The van der Waals surface area contributed by atoms with Gasteiger partial charge in [-0.25, -0.2) is 0 Å². The molecule has 1 amide bonds. The Morgan fingerprint density at radius 3 is 2.08 bits per heavy atom. The van der Waals surface area contributed by atoms with Gasteiger partial charge in [0.25, 0.3) is 0 Å². The molecule has 5 nitrogen and oxygen atoms in total. The fourth-order valence-electron chi connectivity index (χ4n) is 2.67. The molecule has 1 aromatic rings. The average Bonchev–Trinajstić information content (AvgIpc) is 2.57. The van der Waals surface area contributed by atoms with Gasteiger partial charge in [0.1, 0.15) is 6.10 Å². The lowest BCUT2D eigenvalue weighted by atomic mass is 9.70. The van der Waals surface area contributed by atoms with Crippen LogP contribution in [0.4, 0.5) is 0 Å². The van der Waals surface area contributed by atoms with Gasteiger partial charge in [-0.05, 0) is 17.4 Å². The number of nitrogens with one attached hydrogen (secondary N) is 1. The van der Waals surface area contributed by atoms with Crippen molar-refractivity contribution >= 4 is 24.3 Å². The third-order valence-corrected chi connectivity index (χ3v) is 4.95. The summed E-state index contributed by atoms with van der Waals surface area (Å²) in [5.41, 5.74) is 5.68. The Morgan fingerprint density at radius 2 is 1.64 bits per heavy atom. The molecule has 1 atom stereocenters. The Morgan fingerprint density at radius 1 is 1.12 bits per heavy atom. The molecule has 0 saturated heterocycles. The lowest BCUT2D eigenvalue weighted by molar-refractivity contribution is -0.149. The zero-order valence-electron chi connectivity index (χ0n) is 15.7. The lowest BCUT2D eigenvalue weighted by Gasteiger charge is -2.36. The standard InChI is InChI=1S/C19H30N2O3.ClH/c1-13(2)19(5,14(3)4)18(23)21-12-16(24-17(22)11-20)15-9-7-6-8-10-15;/h6-10,13-14,16H,11-12,20H2,1-5H3,(H,21,23);1H/t16-;/m1./s1. The molecule has 0 aliphatic carbocycles. The van der Waals surface area contributed by atoms with Crippen LogP contribution in [0, 0.1) is 17.3 Å². The van der Waals surface area contributed by atoms with Crippen molar-refractivity contribution in [1.82, 2.24) is 5.32 Å². The van der Waals surface area contributed by atoms with Crippen molar-refractivity contribution in [2.75, 3.05) is 13.1 Å². The zero-order chi connectivity index (χ0) is 18.3. The van der Waals surface area contributed by atoms with E-state index < -0.39 is 17.5 Å². The van der Waals surface area contributed by atoms with Crippen LogP contribution in [0.15, 0.2) is 30.3 Å². The van der Waals surface area contributed by atoms with E-state index in [0.717, 1.165) is 5.56 Å². The lowest BCUT2D eigenvalue weighted by Crippen LogP contribution is -2.47. The third kappa shape index (κ3) is 6.01. The Balaban J connectivity index is 0.00000576. The molecule has 0 radical (unpaired) electrons. The summed E-state index contributed by atoms with van der Waals surface area (Å²) in [6.45, 7) is 10.2. The Labute approximate surface area is 157 Å². The number of benzene rings is 1. The second-order valence-electron chi connectivity index (χ2n) is 6.90. The second-order valence-corrected chi connectivity index (χ2v) is 6.90. The minimum absolute atomic E-state index is 0. The highest BCUT2D eigenvalue weighted by molar-refractivity contribution is 5.85. The van der Waals surface area contributed by atoms with Gasteiger partial charge in [0.2, 0.25) is 5.91 Å². The van der Waals surface area contributed by atoms with Gasteiger partial charge in [-0.1, -0.05) is 65.0 Å². The van der Waals surface area contributed by atoms with E-state index in [2.05, 4.69) is 5.32 Å². The fraction of sp³-hybridized carbons (Fsp3) is 0.579. The van der Waals surface area contributed by atoms with Crippen LogP contribution in [-0.2, 0) is 14.3 Å². The van der Waals surface area contributed by atoms with Gasteiger partial charge in [-0.3, -0.25) is 9.59 Å². The van der Waals surface area contributed by atoms with Crippen LogP contribution in [0.2, 0.25) is 0 Å². The van der Waals surface area contributed by atoms with Crippen molar-refractivity contribution in [3.05, 3.63) is 35.9 Å². The summed E-state index contributed by atoms with van der Waals surface area (Å²) in [5, 5.41) is 2.96. The summed E-state index contributed by atoms with van der Waals surface area (Å²) in [4.78, 5) is 24.4. The molecule has 0 aliphatic rings. The molecule has 25 heavy (non-hydrogen) atoms. The zero-order valence-corrected chi connectivity index (χ0v) is 16.6. The number of hydrogen-bond donors (Lipinski definition) is 2. The van der Waals surface area contributed by atoms with E-state index in [1.54, 1.807) is 0 Å². The number of ether oxygens (including phenoxy) is 1. The molecule has 0 spiro atoms. The van der Waals surface area contributed by atoms with E-state index in [0.29, 0.717) is 0 Å². The van der Waals surface area contributed by atoms with Crippen LogP contribution in [0.3, 0.4) is 0 Å². The van der Waals surface area contributed by atoms with Gasteiger partial charge in [-0.2, -0.15) is 0 Å². The van der Waals surface area contributed by atoms with Gasteiger partial charge in [0.05, 0.1) is 18.5 Å². The summed E-state index contributed by atoms with van der Waals surface area (Å²) >= 11 is 0. The van der Waals surface area contributed by atoms with Crippen molar-refractivity contribution in [3.8, 4) is 0 Å². The molecule has 0 unspecified atom stereocenters. The smallest absolute Gasteiger partial charge is 0.320 e. The molecule has 142 valence electrons. The van der Waals surface area contributed by atoms with E-state index in [-0.39, 0.29) is 43.2 Å². The second kappa shape index (κ2) is 10.4. The van der Waals surface area contributed by atoms with E-state index in [9.17, 15) is 9.59 Å². The molecule has 0 aromatic heterocycles. The first-order valence-electron chi connectivity index (χ1n) is 8.46. The number of carbonyl (C=O) groups is 2. The predicted octanol–water partition coefficient (Wildman–Crippen LogP) is 3.09. The van der Waals surface area contributed by atoms with Crippen LogP contribution < -0.4 is 11.1 Å². The Bertz CT molecular complexity index is 539. The number of rotatable bonds is 8. The van der Waals surface area contributed by atoms with Crippen molar-refractivity contribution < 1.29 is 14.3 Å². The van der Waals surface area contributed by atoms with Gasteiger partial charge in [0.15, 0.2) is 0 Å². The van der Waals surface area contributed by atoms with E-state index in [1.165, 1.54) is 0 Å². The summed E-state index contributed by atoms with van der Waals surface area (Å²) in [6, 6.07) is 9.35. The van der Waals surface area contributed by atoms with Crippen LogP contribution in [0.5, 0.6) is 0 Å². The van der Waals surface area contributed by atoms with Crippen molar-refractivity contribution in [2.45, 2.75) is 40.7 Å². The number of amides is 1. The van der Waals surface area contributed by atoms with Crippen LogP contribution in [-0.4, -0.2) is 25.0 Å². The Kier molecular flexibility index (Phi) is 9.75. The number of hydrogen-bond acceptors (Lipinski definition) is 4. The largest absolute Gasteiger partial charge is 0.455 e. The van der Waals surface area contributed by atoms with Gasteiger partial charge in [-0.15, -0.1) is 12.4 Å². The summed E-state index contributed by atoms with van der Waals surface area (Å²) in [7, 11) is 0. The first kappa shape index (κ1) is 23.4. The Hall–Kier alpha value is -1.59. The van der Waals surface area contributed by atoms with Crippen molar-refractivity contribution in [2.24, 2.45) is 23.0 Å². The summed E-state index contributed by atoms with van der Waals surface area (Å²) in [5.74, 6) is -0.135. The first-order chi connectivity index (χ1) is 11.2. The van der Waals surface area contributed by atoms with E-state index in [1.807, 2.05) is 65.0 Å². The maximum atomic E-state index is 12.8. The van der Waals surface area contributed by atoms with Gasteiger partial charge in [0, 0.05) is 0 Å². The number of esters is 1. The normalized spacial score (nSPS) is 12.5. The molecule has 0 fully saturated rings. The third-order valence-electron chi connectivity index (χ3n) is 4.95. The van der Waals surface area contributed by atoms with Gasteiger partial charge >= 0.3 is 5.97 Å². The molecule has 0 saturated carbocycles. The van der Waals surface area contributed by atoms with Crippen LogP contribution in [0.25, 0.3) is 0 Å². The van der Waals surface area contributed by atoms with Crippen LogP contribution >= 0.6 is 12.4 Å². The number of carbonyl (C=O) groups excluding carboxylic acids is 2. The maximum Gasteiger partial charge on any atom is 0.320 e. The van der Waals surface area contributed by atoms with E-state index >= 15 is 0 Å². The first-order valence-corrected chi connectivity index (χ1v) is 8.46. The molecule has 1 aromatic carbocycles. The number of halogens is 1. The molecule has 0 heterocycles. The molecule has 0 bridgehead atoms. The topological polar surface area (TPSA) is 81.4 Å². The average molecular weight is 371 g/mol. The van der Waals surface area contributed by atoms with Gasteiger partial charge < -0.3 is 15.8 Å². The molecular weight excluding hydrogens is 340 g/mol. The predicted molar refractivity (Wildman–Crippen MR) is 102 cm³/mol. The summed E-state index contributed by atoms with van der Waals surface area (Å²) < 4.78 is 5.39. The minimum atomic E-state index is -0.547. The molecule has 0 aliphatic heterocycles. The quantitative estimate of drug-likeness (QED) is 0.689. The molecular formula is C19H31ClN2O3. The molecule has 3 N–H and O–H groups in total. The summed E-state index contributed by atoms with van der Waals surface area (Å²) in [6.07, 6.45) is -0.547. The van der Waals surface area contributed by atoms with E-state index in [4.69, 9.17) is 10.5 Å². The highest BCUT2D eigenvalue weighted by atomic mass is 35.5. The highest BCUT2D eigenvalue weighted by Gasteiger charge is 2.39. The highest BCUT2D eigenvalue weighted by Crippen LogP contribution is 2.35. The fourth-order valence-corrected chi connectivity index (χ4v) is 2.67. The van der Waals surface area contributed by atoms with Crippen molar-refractivity contribution in [1.29, 1.82) is 0 Å². The SMILES string of the molecule is CC(C)C(C)(C(=O)NC[C@@H](OC(=O)CN)c1ccccc1)C(C)C.Cl. The number of nitrogens with two attached hydrogens (primary N) is 1. The van der Waals surface area contributed by atoms with Crippen LogP contribution in [0.1, 0.15) is 46.3 Å². The monoisotopic (exact) mass is 370 g/mol. The molecule has 1 rings (SSSR count). The molecule has 6 heteroatoms.